The van der Waals surface area contributed by atoms with Gasteiger partial charge in [-0.2, -0.15) is 0 Å². The third-order valence-electron chi connectivity index (χ3n) is 7.56. The quantitative estimate of drug-likeness (QED) is 0.440. The average molecular weight is 441 g/mol. The van der Waals surface area contributed by atoms with Crippen molar-refractivity contribution in [2.45, 2.75) is 59.8 Å². The molecule has 0 heterocycles. The molecule has 0 fully saturated rings. The van der Waals surface area contributed by atoms with E-state index in [9.17, 15) is 15.0 Å². The molecule has 3 aromatic rings. The smallest absolute Gasteiger partial charge is 0.171 e. The Hall–Kier alpha value is -3.07. The van der Waals surface area contributed by atoms with Crippen molar-refractivity contribution in [3.05, 3.63) is 69.8 Å². The van der Waals surface area contributed by atoms with Gasteiger partial charge in [-0.25, -0.2) is 0 Å². The lowest BCUT2D eigenvalue weighted by molar-refractivity contribution is 0.0936. The Kier molecular flexibility index (Phi) is 4.93. The van der Waals surface area contributed by atoms with E-state index in [4.69, 9.17) is 0 Å². The molecule has 170 valence electrons. The van der Waals surface area contributed by atoms with Gasteiger partial charge in [-0.3, -0.25) is 4.79 Å². The van der Waals surface area contributed by atoms with E-state index in [1.165, 1.54) is 0 Å². The van der Waals surface area contributed by atoms with Crippen molar-refractivity contribution in [2.75, 3.05) is 0 Å². The number of hydrogen-bond donors (Lipinski definition) is 2. The van der Waals surface area contributed by atoms with Crippen LogP contribution in [0.25, 0.3) is 22.3 Å². The van der Waals surface area contributed by atoms with Crippen LogP contribution in [0, 0.1) is 25.7 Å². The molecule has 0 spiro atoms. The van der Waals surface area contributed by atoms with Gasteiger partial charge in [0.15, 0.2) is 5.78 Å². The van der Waals surface area contributed by atoms with Crippen LogP contribution in [0.15, 0.2) is 36.4 Å². The van der Waals surface area contributed by atoms with Gasteiger partial charge in [0.1, 0.15) is 11.5 Å². The number of rotatable bonds is 2. The summed E-state index contributed by atoms with van der Waals surface area (Å²) in [4.78, 5) is 13.8. The van der Waals surface area contributed by atoms with Gasteiger partial charge in [0.2, 0.25) is 0 Å². The second kappa shape index (κ2) is 7.48. The lowest BCUT2D eigenvalue weighted by Crippen LogP contribution is -2.25. The Labute approximate surface area is 196 Å². The molecule has 2 unspecified atom stereocenters. The van der Waals surface area contributed by atoms with Gasteiger partial charge < -0.3 is 10.2 Å². The molecule has 0 bridgehead atoms. The van der Waals surface area contributed by atoms with Crippen LogP contribution in [0.1, 0.15) is 77.7 Å². The molecule has 0 aromatic heterocycles. The van der Waals surface area contributed by atoms with Crippen LogP contribution < -0.4 is 0 Å². The zero-order valence-electron chi connectivity index (χ0n) is 20.3. The molecule has 3 heteroatoms. The summed E-state index contributed by atoms with van der Waals surface area (Å²) in [6, 6.07) is 11.9. The summed E-state index contributed by atoms with van der Waals surface area (Å²) in [6.07, 6.45) is 0.847. The minimum absolute atomic E-state index is 0.0967. The molecule has 3 nitrogen and oxygen atoms in total. The maximum absolute atomic E-state index is 13.8. The molecule has 0 saturated heterocycles. The number of fused-ring (bicyclic) bond motifs is 6. The number of phenolic OH excluding ortho intramolecular Hbond substituents is 2. The molecule has 0 aliphatic heterocycles. The molecule has 2 aliphatic rings. The fraction of sp³-hybridized carbons (Fsp3) is 0.367. The van der Waals surface area contributed by atoms with Crippen LogP contribution in [0.4, 0.5) is 0 Å². The van der Waals surface area contributed by atoms with Gasteiger partial charge in [-0.05, 0) is 101 Å². The van der Waals surface area contributed by atoms with Crippen molar-refractivity contribution in [3.63, 3.8) is 0 Å². The Bertz CT molecular complexity index is 1310. The average Bonchev–Trinajstić information content (AvgIpc) is 2.70. The van der Waals surface area contributed by atoms with Gasteiger partial charge in [-0.15, -0.1) is 0 Å². The monoisotopic (exact) mass is 440 g/mol. The van der Waals surface area contributed by atoms with E-state index in [2.05, 4.69) is 45.9 Å². The summed E-state index contributed by atoms with van der Waals surface area (Å²) in [5, 5.41) is 22.0. The van der Waals surface area contributed by atoms with Crippen molar-refractivity contribution in [2.24, 2.45) is 11.8 Å². The predicted molar refractivity (Wildman–Crippen MR) is 133 cm³/mol. The van der Waals surface area contributed by atoms with E-state index in [-0.39, 0.29) is 35.0 Å². The number of ketones is 1. The molecule has 0 radical (unpaired) electrons. The van der Waals surface area contributed by atoms with Crippen LogP contribution in [0.5, 0.6) is 11.5 Å². The number of Topliss-reactive ketones (excluding diaryl/α,β-unsaturated/α-hetero) is 1. The van der Waals surface area contributed by atoms with Crippen molar-refractivity contribution in [1.82, 2.24) is 0 Å². The molecule has 3 aromatic carbocycles. The first kappa shape index (κ1) is 21.8. The van der Waals surface area contributed by atoms with E-state index >= 15 is 0 Å². The van der Waals surface area contributed by atoms with Gasteiger partial charge >= 0.3 is 0 Å². The number of benzene rings is 3. The molecular weight excluding hydrogens is 408 g/mol. The van der Waals surface area contributed by atoms with Crippen LogP contribution in [0.3, 0.4) is 0 Å². The third-order valence-corrected chi connectivity index (χ3v) is 7.56. The molecule has 2 aliphatic carbocycles. The Morgan fingerprint density at radius 1 is 0.727 bits per heavy atom. The SMILES string of the molecule is Cc1cc(O)c2c(c1)C(C(C)C)Cc1cc3c(cc1-2)C(=O)C(C(C)C)c1cc(C)cc(O)c1-3. The normalized spacial score (nSPS) is 18.7. The van der Waals surface area contributed by atoms with Crippen LogP contribution in [-0.4, -0.2) is 16.0 Å². The molecule has 0 amide bonds. The fourth-order valence-corrected chi connectivity index (χ4v) is 6.08. The maximum atomic E-state index is 13.8. The fourth-order valence-electron chi connectivity index (χ4n) is 6.08. The number of phenols is 2. The Morgan fingerprint density at radius 2 is 1.30 bits per heavy atom. The number of aromatic hydroxyl groups is 2. The second-order valence-electron chi connectivity index (χ2n) is 10.7. The van der Waals surface area contributed by atoms with Gasteiger partial charge in [0, 0.05) is 16.7 Å². The Morgan fingerprint density at radius 3 is 1.88 bits per heavy atom. The van der Waals surface area contributed by atoms with E-state index < -0.39 is 0 Å². The summed E-state index contributed by atoms with van der Waals surface area (Å²) in [5.41, 5.74) is 9.28. The van der Waals surface area contributed by atoms with E-state index in [0.29, 0.717) is 11.5 Å². The van der Waals surface area contributed by atoms with Crippen LogP contribution in [-0.2, 0) is 6.42 Å². The summed E-state index contributed by atoms with van der Waals surface area (Å²) >= 11 is 0. The van der Waals surface area contributed by atoms with E-state index in [1.54, 1.807) is 6.07 Å². The molecule has 33 heavy (non-hydrogen) atoms. The van der Waals surface area contributed by atoms with Gasteiger partial charge in [0.05, 0.1) is 5.92 Å². The lowest BCUT2D eigenvalue weighted by Gasteiger charge is -2.35. The number of carbonyl (C=O) groups is 1. The largest absolute Gasteiger partial charge is 0.507 e. The zero-order valence-corrected chi connectivity index (χ0v) is 20.3. The highest BCUT2D eigenvalue weighted by molar-refractivity contribution is 6.12. The van der Waals surface area contributed by atoms with Gasteiger partial charge in [0.25, 0.3) is 0 Å². The highest BCUT2D eigenvalue weighted by atomic mass is 16.3. The number of aryl methyl sites for hydroxylation is 2. The van der Waals surface area contributed by atoms with Crippen molar-refractivity contribution < 1.29 is 15.0 Å². The molecular formula is C30H32O3. The number of carbonyl (C=O) groups excluding carboxylic acids is 1. The van der Waals surface area contributed by atoms with Crippen LogP contribution >= 0.6 is 0 Å². The summed E-state index contributed by atoms with van der Waals surface area (Å²) < 4.78 is 0. The summed E-state index contributed by atoms with van der Waals surface area (Å²) in [5.74, 6) is 1.11. The topological polar surface area (TPSA) is 57.5 Å². The minimum Gasteiger partial charge on any atom is -0.507 e. The standard InChI is InChI=1S/C30H32O3/c1-14(2)19-11-18-12-22-23(13-20(18)28-21(19)7-16(5)9-25(28)31)30(33)27(15(3)4)24-8-17(6)10-26(32)29(22)24/h7-10,12-15,19,27,31-32H,11H2,1-6H3. The third kappa shape index (κ3) is 3.20. The Balaban J connectivity index is 1.83. The van der Waals surface area contributed by atoms with E-state index in [1.807, 2.05) is 26.0 Å². The highest BCUT2D eigenvalue weighted by Crippen LogP contribution is 2.52. The predicted octanol–water partition coefficient (Wildman–Crippen LogP) is 7.28. The van der Waals surface area contributed by atoms with Crippen molar-refractivity contribution in [1.29, 1.82) is 0 Å². The number of hydrogen-bond acceptors (Lipinski definition) is 3. The summed E-state index contributed by atoms with van der Waals surface area (Å²) in [6.45, 7) is 12.5. The second-order valence-corrected chi connectivity index (χ2v) is 10.7. The zero-order chi connectivity index (χ0) is 23.8. The van der Waals surface area contributed by atoms with Crippen molar-refractivity contribution in [3.8, 4) is 33.8 Å². The molecule has 2 N–H and O–H groups in total. The molecule has 2 atom stereocenters. The highest BCUT2D eigenvalue weighted by Gasteiger charge is 2.38. The first-order chi connectivity index (χ1) is 15.6. The van der Waals surface area contributed by atoms with Crippen molar-refractivity contribution >= 4 is 5.78 Å². The first-order valence-corrected chi connectivity index (χ1v) is 12.0. The minimum atomic E-state index is -0.297. The maximum Gasteiger partial charge on any atom is 0.171 e. The summed E-state index contributed by atoms with van der Waals surface area (Å²) in [7, 11) is 0. The molecule has 0 saturated carbocycles. The molecule has 5 rings (SSSR count). The van der Waals surface area contributed by atoms with Crippen LogP contribution in [0.2, 0.25) is 0 Å². The van der Waals surface area contributed by atoms with E-state index in [0.717, 1.165) is 56.5 Å². The van der Waals surface area contributed by atoms with Gasteiger partial charge in [-0.1, -0.05) is 39.8 Å². The lowest BCUT2D eigenvalue weighted by atomic mass is 9.68. The first-order valence-electron chi connectivity index (χ1n) is 12.0.